The first kappa shape index (κ1) is 7.30. The van der Waals surface area contributed by atoms with Gasteiger partial charge in [0.25, 0.3) is 0 Å². The smallest absolute Gasteiger partial charge is 0.427 e. The molecule has 1 aromatic heterocycles. The predicted molar refractivity (Wildman–Crippen MR) is 37.2 cm³/mol. The van der Waals surface area contributed by atoms with Crippen LogP contribution in [0.5, 0.6) is 0 Å². The van der Waals surface area contributed by atoms with Crippen molar-refractivity contribution in [1.29, 1.82) is 0 Å². The van der Waals surface area contributed by atoms with Crippen molar-refractivity contribution in [2.24, 2.45) is 0 Å². The van der Waals surface area contributed by atoms with Crippen LogP contribution in [0.25, 0.3) is 0 Å². The number of rotatable bonds is 3. The Labute approximate surface area is 59.2 Å². The van der Waals surface area contributed by atoms with Crippen molar-refractivity contribution in [2.45, 2.75) is 12.9 Å². The Hall–Kier alpha value is -0.805. The Morgan fingerprint density at radius 3 is 2.80 bits per heavy atom. The molecule has 1 rings (SSSR count). The third-order valence-electron chi connectivity index (χ3n) is 1.18. The number of hydrogen-bond acceptors (Lipinski definition) is 3. The molecule has 0 saturated heterocycles. The summed E-state index contributed by atoms with van der Waals surface area (Å²) < 4.78 is 1.65. The van der Waals surface area contributed by atoms with Gasteiger partial charge in [-0.1, -0.05) is 0 Å². The SMILES string of the molecule is OB(O)CCn1cccn1. The van der Waals surface area contributed by atoms with Crippen molar-refractivity contribution >= 4 is 7.12 Å². The molecule has 0 bridgehead atoms. The van der Waals surface area contributed by atoms with Crippen LogP contribution in [0.3, 0.4) is 0 Å². The molecule has 0 saturated carbocycles. The predicted octanol–water partition coefficient (Wildman–Crippen LogP) is -0.644. The van der Waals surface area contributed by atoms with E-state index in [9.17, 15) is 0 Å². The number of nitrogens with zero attached hydrogens (tertiary/aromatic N) is 2. The largest absolute Gasteiger partial charge is 0.453 e. The van der Waals surface area contributed by atoms with Gasteiger partial charge in [0.05, 0.1) is 0 Å². The molecule has 0 spiro atoms. The molecule has 1 heterocycles. The molecular formula is C5H9BN2O2. The van der Waals surface area contributed by atoms with Gasteiger partial charge in [0.15, 0.2) is 0 Å². The Morgan fingerprint density at radius 2 is 2.30 bits per heavy atom. The van der Waals surface area contributed by atoms with E-state index in [-0.39, 0.29) is 0 Å². The molecule has 0 atom stereocenters. The van der Waals surface area contributed by atoms with Crippen molar-refractivity contribution in [1.82, 2.24) is 9.78 Å². The third-order valence-corrected chi connectivity index (χ3v) is 1.18. The summed E-state index contributed by atoms with van der Waals surface area (Å²) in [6.45, 7) is 0.546. The Bertz CT molecular complexity index is 176. The molecular weight excluding hydrogens is 131 g/mol. The lowest BCUT2D eigenvalue weighted by molar-refractivity contribution is 0.398. The Balaban J connectivity index is 2.28. The van der Waals surface area contributed by atoms with E-state index < -0.39 is 7.12 Å². The first-order chi connectivity index (χ1) is 4.79. The normalized spacial score (nSPS) is 9.80. The molecule has 4 nitrogen and oxygen atoms in total. The van der Waals surface area contributed by atoms with E-state index in [0.29, 0.717) is 12.9 Å². The molecule has 0 amide bonds. The molecule has 2 N–H and O–H groups in total. The van der Waals surface area contributed by atoms with E-state index in [1.165, 1.54) is 0 Å². The molecule has 0 aliphatic heterocycles. The second-order valence-electron chi connectivity index (χ2n) is 2.04. The van der Waals surface area contributed by atoms with Gasteiger partial charge in [0.1, 0.15) is 0 Å². The van der Waals surface area contributed by atoms with Crippen molar-refractivity contribution in [3.05, 3.63) is 18.5 Å². The maximum absolute atomic E-state index is 8.47. The molecule has 0 aliphatic carbocycles. The molecule has 0 aliphatic rings. The zero-order valence-electron chi connectivity index (χ0n) is 5.51. The molecule has 5 heteroatoms. The van der Waals surface area contributed by atoms with Crippen LogP contribution in [0.1, 0.15) is 0 Å². The highest BCUT2D eigenvalue weighted by Gasteiger charge is 2.05. The minimum absolute atomic E-state index is 0.321. The Morgan fingerprint density at radius 1 is 1.50 bits per heavy atom. The minimum atomic E-state index is -1.23. The van der Waals surface area contributed by atoms with Crippen LogP contribution < -0.4 is 0 Å². The fourth-order valence-electron chi connectivity index (χ4n) is 0.680. The van der Waals surface area contributed by atoms with E-state index in [1.807, 2.05) is 0 Å². The highest BCUT2D eigenvalue weighted by atomic mass is 16.4. The summed E-state index contributed by atoms with van der Waals surface area (Å²) >= 11 is 0. The lowest BCUT2D eigenvalue weighted by Crippen LogP contribution is -2.14. The molecule has 0 unspecified atom stereocenters. The van der Waals surface area contributed by atoms with Crippen molar-refractivity contribution in [2.75, 3.05) is 0 Å². The van der Waals surface area contributed by atoms with Gasteiger partial charge >= 0.3 is 7.12 Å². The van der Waals surface area contributed by atoms with E-state index in [0.717, 1.165) is 0 Å². The summed E-state index contributed by atoms with van der Waals surface area (Å²) in [5.41, 5.74) is 0. The molecule has 0 fully saturated rings. The number of hydrogen-bond donors (Lipinski definition) is 2. The topological polar surface area (TPSA) is 58.3 Å². The highest BCUT2D eigenvalue weighted by Crippen LogP contribution is 1.90. The average molecular weight is 140 g/mol. The minimum Gasteiger partial charge on any atom is -0.427 e. The Kier molecular flexibility index (Phi) is 2.47. The summed E-state index contributed by atoms with van der Waals surface area (Å²) in [5.74, 6) is 0. The maximum Gasteiger partial charge on any atom is 0.453 e. The second-order valence-corrected chi connectivity index (χ2v) is 2.04. The average Bonchev–Trinajstić information content (AvgIpc) is 2.34. The molecule has 0 radical (unpaired) electrons. The summed E-state index contributed by atoms with van der Waals surface area (Å²) in [6, 6.07) is 1.80. The van der Waals surface area contributed by atoms with E-state index >= 15 is 0 Å². The van der Waals surface area contributed by atoms with Crippen LogP contribution >= 0.6 is 0 Å². The van der Waals surface area contributed by atoms with Gasteiger partial charge in [-0.3, -0.25) is 4.68 Å². The van der Waals surface area contributed by atoms with Crippen molar-refractivity contribution < 1.29 is 10.0 Å². The van der Waals surface area contributed by atoms with E-state index in [4.69, 9.17) is 10.0 Å². The van der Waals surface area contributed by atoms with Crippen LogP contribution in [0.2, 0.25) is 6.32 Å². The summed E-state index contributed by atoms with van der Waals surface area (Å²) in [4.78, 5) is 0. The van der Waals surface area contributed by atoms with Gasteiger partial charge in [-0.25, -0.2) is 0 Å². The quantitative estimate of drug-likeness (QED) is 0.548. The van der Waals surface area contributed by atoms with Gasteiger partial charge < -0.3 is 10.0 Å². The fraction of sp³-hybridized carbons (Fsp3) is 0.400. The first-order valence-corrected chi connectivity index (χ1v) is 3.12. The third kappa shape index (κ3) is 2.20. The van der Waals surface area contributed by atoms with Crippen LogP contribution in [0.15, 0.2) is 18.5 Å². The van der Waals surface area contributed by atoms with E-state index in [1.54, 1.807) is 23.1 Å². The van der Waals surface area contributed by atoms with Crippen molar-refractivity contribution in [3.8, 4) is 0 Å². The van der Waals surface area contributed by atoms with Crippen LogP contribution in [0, 0.1) is 0 Å². The molecule has 1 aromatic rings. The fourth-order valence-corrected chi connectivity index (χ4v) is 0.680. The van der Waals surface area contributed by atoms with Gasteiger partial charge in [-0.15, -0.1) is 0 Å². The molecule has 54 valence electrons. The monoisotopic (exact) mass is 140 g/mol. The maximum atomic E-state index is 8.47. The van der Waals surface area contributed by atoms with Gasteiger partial charge in [-0.05, 0) is 6.07 Å². The summed E-state index contributed by atoms with van der Waals surface area (Å²) in [5, 5.41) is 20.8. The number of aryl methyl sites for hydroxylation is 1. The van der Waals surface area contributed by atoms with Crippen LogP contribution in [0.4, 0.5) is 0 Å². The van der Waals surface area contributed by atoms with Crippen molar-refractivity contribution in [3.63, 3.8) is 0 Å². The lowest BCUT2D eigenvalue weighted by atomic mass is 9.87. The zero-order chi connectivity index (χ0) is 7.40. The second kappa shape index (κ2) is 3.38. The highest BCUT2D eigenvalue weighted by molar-refractivity contribution is 6.40. The lowest BCUT2D eigenvalue weighted by Gasteiger charge is -1.98. The summed E-state index contributed by atoms with van der Waals surface area (Å²) in [7, 11) is -1.23. The van der Waals surface area contributed by atoms with E-state index in [2.05, 4.69) is 5.10 Å². The molecule has 0 aromatic carbocycles. The van der Waals surface area contributed by atoms with Gasteiger partial charge in [-0.2, -0.15) is 5.10 Å². The van der Waals surface area contributed by atoms with Crippen LogP contribution in [-0.2, 0) is 6.54 Å². The standard InChI is InChI=1S/C5H9BN2O2/c9-6(10)2-5-8-4-1-3-7-8/h1,3-4,9-10H,2,5H2. The summed E-state index contributed by atoms with van der Waals surface area (Å²) in [6.07, 6.45) is 3.76. The van der Waals surface area contributed by atoms with Gasteiger partial charge in [0, 0.05) is 25.3 Å². The first-order valence-electron chi connectivity index (χ1n) is 3.12. The van der Waals surface area contributed by atoms with Crippen LogP contribution in [-0.4, -0.2) is 26.9 Å². The molecule has 10 heavy (non-hydrogen) atoms. The number of aromatic nitrogens is 2. The zero-order valence-corrected chi connectivity index (χ0v) is 5.51. The van der Waals surface area contributed by atoms with Gasteiger partial charge in [0.2, 0.25) is 0 Å².